The molecule has 1 aliphatic rings. The van der Waals surface area contributed by atoms with Crippen molar-refractivity contribution in [3.63, 3.8) is 0 Å². The smallest absolute Gasteiger partial charge is 0.413 e. The van der Waals surface area contributed by atoms with E-state index in [0.29, 0.717) is 37.0 Å². The Kier molecular flexibility index (Phi) is 8.89. The van der Waals surface area contributed by atoms with Gasteiger partial charge in [0, 0.05) is 31.4 Å². The van der Waals surface area contributed by atoms with Gasteiger partial charge in [-0.15, -0.1) is 0 Å². The van der Waals surface area contributed by atoms with Crippen LogP contribution in [0.2, 0.25) is 18.1 Å². The number of pyridine rings is 2. The fourth-order valence-electron chi connectivity index (χ4n) is 3.67. The van der Waals surface area contributed by atoms with Crippen molar-refractivity contribution in [1.29, 1.82) is 0 Å². The Bertz CT molecular complexity index is 1060. The van der Waals surface area contributed by atoms with Crippen molar-refractivity contribution in [3.8, 4) is 0 Å². The number of amides is 2. The summed E-state index contributed by atoms with van der Waals surface area (Å²) in [5, 5.41) is 5.49. The van der Waals surface area contributed by atoms with E-state index in [9.17, 15) is 18.0 Å². The van der Waals surface area contributed by atoms with E-state index < -0.39 is 26.2 Å². The van der Waals surface area contributed by atoms with Gasteiger partial charge in [0.2, 0.25) is 0 Å². The number of urea groups is 1. The number of carbonyl (C=O) groups is 1. The molecule has 3 heterocycles. The van der Waals surface area contributed by atoms with Crippen molar-refractivity contribution < 1.29 is 22.4 Å². The highest BCUT2D eigenvalue weighted by atomic mass is 28.4. The van der Waals surface area contributed by atoms with Gasteiger partial charge in [-0.25, -0.2) is 14.8 Å². The molecule has 0 atom stereocenters. The first-order valence-electron chi connectivity index (χ1n) is 12.6. The lowest BCUT2D eigenvalue weighted by atomic mass is 9.99. The summed E-state index contributed by atoms with van der Waals surface area (Å²) < 4.78 is 46.1. The van der Waals surface area contributed by atoms with Crippen LogP contribution in [0, 0.1) is 5.92 Å². The van der Waals surface area contributed by atoms with Crippen LogP contribution in [-0.2, 0) is 23.8 Å². The molecule has 37 heavy (non-hydrogen) atoms. The lowest BCUT2D eigenvalue weighted by Crippen LogP contribution is -2.40. The number of rotatable bonds is 7. The molecule has 0 radical (unpaired) electrons. The minimum atomic E-state index is -4.53. The topological polar surface area (TPSA) is 79.4 Å². The van der Waals surface area contributed by atoms with Crippen molar-refractivity contribution in [1.82, 2.24) is 15.3 Å². The van der Waals surface area contributed by atoms with Crippen LogP contribution in [0.4, 0.5) is 29.6 Å². The molecule has 3 rings (SSSR count). The molecule has 2 aromatic rings. The second kappa shape index (κ2) is 11.4. The van der Waals surface area contributed by atoms with Gasteiger partial charge in [-0.2, -0.15) is 13.2 Å². The van der Waals surface area contributed by atoms with Gasteiger partial charge >= 0.3 is 12.2 Å². The molecule has 2 amide bonds. The number of anilines is 2. The third-order valence-electron chi connectivity index (χ3n) is 7.24. The molecule has 0 unspecified atom stereocenters. The number of hydrogen-bond donors (Lipinski definition) is 2. The zero-order valence-corrected chi connectivity index (χ0v) is 23.5. The van der Waals surface area contributed by atoms with Crippen molar-refractivity contribution >= 4 is 26.0 Å². The standard InChI is InChI=1S/C26H38F3N5O2Si/c1-18-11-13-34(14-12-18)23-20(8-9-21(32-23)26(27,28)29)16-31-24(35)33-22-10-7-19(15-30-22)17-36-37(5,6)25(2,3)4/h7-10,15,18H,11-14,16-17H2,1-6H3,(H2,30,31,33,35). The Morgan fingerprint density at radius 2 is 1.81 bits per heavy atom. The highest BCUT2D eigenvalue weighted by Gasteiger charge is 2.37. The molecule has 0 bridgehead atoms. The van der Waals surface area contributed by atoms with Gasteiger partial charge in [0.15, 0.2) is 8.32 Å². The fraction of sp³-hybridized carbons (Fsp3) is 0.577. The van der Waals surface area contributed by atoms with Gasteiger partial charge in [0.25, 0.3) is 0 Å². The minimum Gasteiger partial charge on any atom is -0.413 e. The first-order valence-corrected chi connectivity index (χ1v) is 15.5. The molecule has 1 fully saturated rings. The predicted molar refractivity (Wildman–Crippen MR) is 142 cm³/mol. The number of alkyl halides is 3. The van der Waals surface area contributed by atoms with E-state index in [1.807, 2.05) is 11.0 Å². The number of hydrogen-bond acceptors (Lipinski definition) is 5. The average molecular weight is 538 g/mol. The van der Waals surface area contributed by atoms with E-state index >= 15 is 0 Å². The minimum absolute atomic E-state index is 0.0385. The maximum Gasteiger partial charge on any atom is 0.433 e. The highest BCUT2D eigenvalue weighted by molar-refractivity contribution is 6.74. The van der Waals surface area contributed by atoms with Crippen LogP contribution < -0.4 is 15.5 Å². The van der Waals surface area contributed by atoms with E-state index in [2.05, 4.69) is 61.4 Å². The van der Waals surface area contributed by atoms with Crippen LogP contribution in [0.5, 0.6) is 0 Å². The SMILES string of the molecule is CC1CCN(c2nc(C(F)(F)F)ccc2CNC(=O)Nc2ccc(CO[Si](C)(C)C(C)(C)C)cn2)CC1. The van der Waals surface area contributed by atoms with Crippen molar-refractivity contribution in [3.05, 3.63) is 47.3 Å². The van der Waals surface area contributed by atoms with Crippen LogP contribution in [0.1, 0.15) is 57.4 Å². The molecule has 11 heteroatoms. The first kappa shape index (κ1) is 28.9. The Morgan fingerprint density at radius 3 is 2.38 bits per heavy atom. The Balaban J connectivity index is 1.61. The average Bonchev–Trinajstić information content (AvgIpc) is 2.81. The van der Waals surface area contributed by atoms with Gasteiger partial charge in [0.1, 0.15) is 17.3 Å². The van der Waals surface area contributed by atoms with Crippen LogP contribution in [0.3, 0.4) is 0 Å². The summed E-state index contributed by atoms with van der Waals surface area (Å²) in [6.45, 7) is 14.8. The van der Waals surface area contributed by atoms with Crippen molar-refractivity contribution in [2.24, 2.45) is 5.92 Å². The number of nitrogens with one attached hydrogen (secondary N) is 2. The van der Waals surface area contributed by atoms with Crippen molar-refractivity contribution in [2.45, 2.75) is 78.0 Å². The maximum atomic E-state index is 13.3. The van der Waals surface area contributed by atoms with E-state index in [0.717, 1.165) is 24.5 Å². The first-order chi connectivity index (χ1) is 17.2. The molecule has 1 saturated heterocycles. The summed E-state index contributed by atoms with van der Waals surface area (Å²) in [5.41, 5.74) is 0.507. The quantitative estimate of drug-likeness (QED) is 0.390. The second-order valence-corrected chi connectivity index (χ2v) is 16.1. The van der Waals surface area contributed by atoms with Gasteiger partial charge < -0.3 is 14.6 Å². The van der Waals surface area contributed by atoms with Crippen molar-refractivity contribution in [2.75, 3.05) is 23.3 Å². The number of halogens is 3. The Morgan fingerprint density at radius 1 is 1.14 bits per heavy atom. The Hall–Kier alpha value is -2.66. The second-order valence-electron chi connectivity index (χ2n) is 11.3. The number of carbonyl (C=O) groups excluding carboxylic acids is 1. The molecule has 204 valence electrons. The van der Waals surface area contributed by atoms with E-state index in [1.54, 1.807) is 12.3 Å². The summed E-state index contributed by atoms with van der Waals surface area (Å²) in [7, 11) is -1.88. The van der Waals surface area contributed by atoms with Crippen LogP contribution in [0.25, 0.3) is 0 Å². The monoisotopic (exact) mass is 537 g/mol. The number of nitrogens with zero attached hydrogens (tertiary/aromatic N) is 3. The van der Waals surface area contributed by atoms with Crippen LogP contribution in [0.15, 0.2) is 30.5 Å². The molecule has 0 aliphatic carbocycles. The van der Waals surface area contributed by atoms with E-state index in [-0.39, 0.29) is 17.4 Å². The van der Waals surface area contributed by atoms with E-state index in [1.165, 1.54) is 6.07 Å². The molecule has 2 N–H and O–H groups in total. The lowest BCUT2D eigenvalue weighted by molar-refractivity contribution is -0.141. The van der Waals surface area contributed by atoms with Crippen LogP contribution >= 0.6 is 0 Å². The number of piperidine rings is 1. The maximum absolute atomic E-state index is 13.3. The molecular formula is C26H38F3N5O2Si. The molecule has 0 saturated carbocycles. The molecule has 0 spiro atoms. The largest absolute Gasteiger partial charge is 0.433 e. The molecule has 1 aliphatic heterocycles. The lowest BCUT2D eigenvalue weighted by Gasteiger charge is -2.36. The summed E-state index contributed by atoms with van der Waals surface area (Å²) in [6, 6.07) is 5.39. The van der Waals surface area contributed by atoms with Crippen LogP contribution in [-0.4, -0.2) is 37.4 Å². The summed E-state index contributed by atoms with van der Waals surface area (Å²) in [6.07, 6.45) is -1.10. The predicted octanol–water partition coefficient (Wildman–Crippen LogP) is 6.58. The summed E-state index contributed by atoms with van der Waals surface area (Å²) in [5.74, 6) is 1.16. The summed E-state index contributed by atoms with van der Waals surface area (Å²) in [4.78, 5) is 22.6. The van der Waals surface area contributed by atoms with Gasteiger partial charge in [-0.1, -0.05) is 39.8 Å². The fourth-order valence-corrected chi connectivity index (χ4v) is 4.63. The van der Waals surface area contributed by atoms with Gasteiger partial charge in [-0.05, 0) is 54.6 Å². The highest BCUT2D eigenvalue weighted by Crippen LogP contribution is 2.37. The molecule has 0 aromatic carbocycles. The number of aromatic nitrogens is 2. The molecule has 7 nitrogen and oxygen atoms in total. The summed E-state index contributed by atoms with van der Waals surface area (Å²) >= 11 is 0. The third kappa shape index (κ3) is 7.91. The zero-order valence-electron chi connectivity index (χ0n) is 22.5. The zero-order chi connectivity index (χ0) is 27.4. The van der Waals surface area contributed by atoms with Gasteiger partial charge in [0.05, 0.1) is 6.61 Å². The van der Waals surface area contributed by atoms with Gasteiger partial charge in [-0.3, -0.25) is 5.32 Å². The molecular weight excluding hydrogens is 499 g/mol. The normalized spacial score (nSPS) is 15.5. The van der Waals surface area contributed by atoms with E-state index in [4.69, 9.17) is 4.43 Å². The third-order valence-corrected chi connectivity index (χ3v) is 11.7. The Labute approximate surface area is 218 Å². The molecule has 2 aromatic heterocycles.